The van der Waals surface area contributed by atoms with Gasteiger partial charge in [-0.15, -0.1) is 0 Å². The van der Waals surface area contributed by atoms with E-state index in [1.165, 1.54) is 30.5 Å². The first kappa shape index (κ1) is 22.7. The van der Waals surface area contributed by atoms with Crippen LogP contribution in [0.4, 0.5) is 4.39 Å². The molecule has 0 heterocycles. The van der Waals surface area contributed by atoms with E-state index in [1.54, 1.807) is 36.4 Å². The van der Waals surface area contributed by atoms with Gasteiger partial charge in [-0.05, 0) is 54.1 Å². The first-order valence-corrected chi connectivity index (χ1v) is 9.94. The van der Waals surface area contributed by atoms with Gasteiger partial charge in [0.15, 0.2) is 0 Å². The molecule has 0 aliphatic carbocycles. The molecule has 0 saturated carbocycles. The highest BCUT2D eigenvalue weighted by Crippen LogP contribution is 2.23. The molecule has 3 aromatic carbocycles. The topological polar surface area (TPSA) is 112 Å². The number of nitrogens with zero attached hydrogens (tertiary/aromatic N) is 2. The third kappa shape index (κ3) is 5.77. The van der Waals surface area contributed by atoms with Gasteiger partial charge in [-0.3, -0.25) is 4.79 Å². The van der Waals surface area contributed by atoms with E-state index >= 15 is 0 Å². The molecule has 2 N–H and O–H groups in total. The first-order valence-electron chi connectivity index (χ1n) is 9.15. The fourth-order valence-corrected chi connectivity index (χ4v) is 3.02. The standard InChI is InChI=1S/C23H15BrFN3O4/c24-18-6-8-21(32-13-14-1-4-16(5-2-14)23(30)31)17(10-18)12-27-28-22(29)19-7-3-15(11-26)9-20(19)25/h1-10,12H,13H2,(H,28,29)(H,30,31). The van der Waals surface area contributed by atoms with E-state index in [0.29, 0.717) is 11.3 Å². The number of benzene rings is 3. The number of carbonyl (C=O) groups excluding carboxylic acids is 1. The second-order valence-electron chi connectivity index (χ2n) is 6.48. The van der Waals surface area contributed by atoms with Gasteiger partial charge in [-0.2, -0.15) is 10.4 Å². The molecule has 0 aromatic heterocycles. The van der Waals surface area contributed by atoms with E-state index in [4.69, 9.17) is 15.1 Å². The highest BCUT2D eigenvalue weighted by molar-refractivity contribution is 9.10. The Hall–Kier alpha value is -4.03. The van der Waals surface area contributed by atoms with Crippen LogP contribution in [0.2, 0.25) is 0 Å². The van der Waals surface area contributed by atoms with Crippen LogP contribution in [0.3, 0.4) is 0 Å². The lowest BCUT2D eigenvalue weighted by Gasteiger charge is -2.10. The maximum atomic E-state index is 14.0. The largest absolute Gasteiger partial charge is 0.488 e. The number of rotatable bonds is 7. The molecule has 3 aromatic rings. The fraction of sp³-hybridized carbons (Fsp3) is 0.0435. The number of nitrogens with one attached hydrogen (secondary N) is 1. The number of halogens is 2. The summed E-state index contributed by atoms with van der Waals surface area (Å²) < 4.78 is 20.5. The number of hydrogen-bond acceptors (Lipinski definition) is 5. The van der Waals surface area contributed by atoms with Crippen LogP contribution in [0, 0.1) is 17.1 Å². The number of hydrogen-bond donors (Lipinski definition) is 2. The zero-order chi connectivity index (χ0) is 23.1. The van der Waals surface area contributed by atoms with Gasteiger partial charge in [0, 0.05) is 10.0 Å². The van der Waals surface area contributed by atoms with Gasteiger partial charge >= 0.3 is 5.97 Å². The summed E-state index contributed by atoms with van der Waals surface area (Å²) in [7, 11) is 0. The van der Waals surface area contributed by atoms with Gasteiger partial charge in [0.2, 0.25) is 0 Å². The summed E-state index contributed by atoms with van der Waals surface area (Å²) in [6.07, 6.45) is 1.35. The fourth-order valence-electron chi connectivity index (χ4n) is 2.65. The predicted octanol–water partition coefficient (Wildman–Crippen LogP) is 4.50. The summed E-state index contributed by atoms with van der Waals surface area (Å²) in [6.45, 7) is 0.186. The van der Waals surface area contributed by atoms with Crippen LogP contribution in [0.15, 0.2) is 70.2 Å². The third-order valence-corrected chi connectivity index (χ3v) is 4.77. The molecule has 0 unspecified atom stereocenters. The minimum atomic E-state index is -1.01. The van der Waals surface area contributed by atoms with Crippen molar-refractivity contribution in [1.82, 2.24) is 5.43 Å². The molecule has 0 fully saturated rings. The van der Waals surface area contributed by atoms with Crippen molar-refractivity contribution in [2.45, 2.75) is 6.61 Å². The summed E-state index contributed by atoms with van der Waals surface area (Å²) in [5, 5.41) is 21.6. The molecule has 0 spiro atoms. The van der Waals surface area contributed by atoms with Gasteiger partial charge in [0.25, 0.3) is 5.91 Å². The predicted molar refractivity (Wildman–Crippen MR) is 118 cm³/mol. The molecule has 160 valence electrons. The molecular formula is C23H15BrFN3O4. The van der Waals surface area contributed by atoms with E-state index in [9.17, 15) is 14.0 Å². The van der Waals surface area contributed by atoms with E-state index in [2.05, 4.69) is 26.5 Å². The van der Waals surface area contributed by atoms with Crippen molar-refractivity contribution in [3.8, 4) is 11.8 Å². The zero-order valence-corrected chi connectivity index (χ0v) is 18.0. The molecule has 0 bridgehead atoms. The number of nitriles is 1. The monoisotopic (exact) mass is 495 g/mol. The van der Waals surface area contributed by atoms with Crippen LogP contribution >= 0.6 is 15.9 Å². The maximum absolute atomic E-state index is 14.0. The van der Waals surface area contributed by atoms with Crippen LogP contribution in [0.5, 0.6) is 5.75 Å². The van der Waals surface area contributed by atoms with Gasteiger partial charge in [-0.25, -0.2) is 14.6 Å². The average molecular weight is 496 g/mol. The van der Waals surface area contributed by atoms with Crippen molar-refractivity contribution in [3.63, 3.8) is 0 Å². The second kappa shape index (κ2) is 10.3. The Morgan fingerprint density at radius 1 is 1.16 bits per heavy atom. The number of ether oxygens (including phenoxy) is 1. The van der Waals surface area contributed by atoms with Crippen molar-refractivity contribution < 1.29 is 23.8 Å². The number of aromatic carboxylic acids is 1. The highest BCUT2D eigenvalue weighted by Gasteiger charge is 2.12. The zero-order valence-electron chi connectivity index (χ0n) is 16.4. The van der Waals surface area contributed by atoms with Gasteiger partial charge in [0.05, 0.1) is 29.0 Å². The van der Waals surface area contributed by atoms with Gasteiger partial charge < -0.3 is 9.84 Å². The smallest absolute Gasteiger partial charge is 0.335 e. The third-order valence-electron chi connectivity index (χ3n) is 4.28. The molecule has 3 rings (SSSR count). The van der Waals surface area contributed by atoms with E-state index in [1.807, 2.05) is 0 Å². The Morgan fingerprint density at radius 3 is 2.56 bits per heavy atom. The summed E-state index contributed by atoms with van der Waals surface area (Å²) in [5.74, 6) is -2.12. The van der Waals surface area contributed by atoms with Gasteiger partial charge in [-0.1, -0.05) is 28.1 Å². The average Bonchev–Trinajstić information content (AvgIpc) is 2.78. The molecule has 0 atom stereocenters. The number of carboxylic acid groups (broad SMARTS) is 1. The Labute approximate surface area is 190 Å². The van der Waals surface area contributed by atoms with Crippen LogP contribution in [0.25, 0.3) is 0 Å². The molecule has 1 amide bonds. The summed E-state index contributed by atoms with van der Waals surface area (Å²) in [5.41, 5.74) is 3.61. The summed E-state index contributed by atoms with van der Waals surface area (Å²) >= 11 is 3.36. The normalized spacial score (nSPS) is 10.5. The minimum Gasteiger partial charge on any atom is -0.488 e. The molecule has 9 heteroatoms. The Morgan fingerprint density at radius 2 is 1.91 bits per heavy atom. The van der Waals surface area contributed by atoms with Crippen LogP contribution in [-0.4, -0.2) is 23.2 Å². The minimum absolute atomic E-state index is 0.107. The van der Waals surface area contributed by atoms with Crippen molar-refractivity contribution >= 4 is 34.0 Å². The quantitative estimate of drug-likeness (QED) is 0.370. The SMILES string of the molecule is N#Cc1ccc(C(=O)NN=Cc2cc(Br)ccc2OCc2ccc(C(=O)O)cc2)c(F)c1. The first-order chi connectivity index (χ1) is 15.4. The summed E-state index contributed by atoms with van der Waals surface area (Å²) in [4.78, 5) is 23.1. The highest BCUT2D eigenvalue weighted by atomic mass is 79.9. The lowest BCUT2D eigenvalue weighted by Crippen LogP contribution is -2.19. The van der Waals surface area contributed by atoms with E-state index < -0.39 is 17.7 Å². The Balaban J connectivity index is 1.69. The molecule has 0 saturated heterocycles. The van der Waals surface area contributed by atoms with Crippen molar-refractivity contribution in [3.05, 3.63) is 98.8 Å². The van der Waals surface area contributed by atoms with Crippen LogP contribution in [-0.2, 0) is 6.61 Å². The van der Waals surface area contributed by atoms with Crippen LogP contribution < -0.4 is 10.2 Å². The van der Waals surface area contributed by atoms with Crippen LogP contribution in [0.1, 0.15) is 37.4 Å². The lowest BCUT2D eigenvalue weighted by molar-refractivity contribution is 0.0696. The second-order valence-corrected chi connectivity index (χ2v) is 7.39. The molecule has 0 aliphatic heterocycles. The molecule has 0 aliphatic rings. The molecular weight excluding hydrogens is 481 g/mol. The van der Waals surface area contributed by atoms with Crippen molar-refractivity contribution in [2.24, 2.45) is 5.10 Å². The number of amides is 1. The van der Waals surface area contributed by atoms with Crippen molar-refractivity contribution in [1.29, 1.82) is 5.26 Å². The van der Waals surface area contributed by atoms with E-state index in [-0.39, 0.29) is 23.3 Å². The Bertz CT molecular complexity index is 1240. The summed E-state index contributed by atoms with van der Waals surface area (Å²) in [6, 6.07) is 16.8. The van der Waals surface area contributed by atoms with Gasteiger partial charge in [0.1, 0.15) is 18.2 Å². The molecule has 0 radical (unpaired) electrons. The maximum Gasteiger partial charge on any atom is 0.335 e. The number of carbonyl (C=O) groups is 2. The van der Waals surface area contributed by atoms with Crippen molar-refractivity contribution in [2.75, 3.05) is 0 Å². The molecule has 7 nitrogen and oxygen atoms in total. The van der Waals surface area contributed by atoms with E-state index in [0.717, 1.165) is 16.1 Å². The molecule has 32 heavy (non-hydrogen) atoms. The number of hydrazone groups is 1. The lowest BCUT2D eigenvalue weighted by atomic mass is 10.1. The Kier molecular flexibility index (Phi) is 7.31. The number of carboxylic acids is 1.